The Kier molecular flexibility index (Phi) is 5.62. The second-order valence-electron chi connectivity index (χ2n) is 7.44. The number of carbonyl (C=O) groups excluding carboxylic acids is 1. The van der Waals surface area contributed by atoms with Gasteiger partial charge in [0.1, 0.15) is 5.82 Å². The van der Waals surface area contributed by atoms with Gasteiger partial charge >= 0.3 is 0 Å². The van der Waals surface area contributed by atoms with Crippen LogP contribution in [0.15, 0.2) is 60.9 Å². The first kappa shape index (κ1) is 19.2. The molecule has 0 bridgehead atoms. The molecule has 2 aromatic carbocycles. The van der Waals surface area contributed by atoms with E-state index in [1.165, 1.54) is 12.1 Å². The van der Waals surface area contributed by atoms with Crippen molar-refractivity contribution >= 4 is 5.91 Å². The van der Waals surface area contributed by atoms with Gasteiger partial charge in [0.15, 0.2) is 0 Å². The highest BCUT2D eigenvalue weighted by molar-refractivity contribution is 5.94. The van der Waals surface area contributed by atoms with Gasteiger partial charge in [-0.1, -0.05) is 24.3 Å². The highest BCUT2D eigenvalue weighted by Gasteiger charge is 2.25. The van der Waals surface area contributed by atoms with Crippen LogP contribution in [0.5, 0.6) is 0 Å². The van der Waals surface area contributed by atoms with E-state index in [1.54, 1.807) is 24.5 Å². The smallest absolute Gasteiger partial charge is 0.248 e. The molecule has 2 heterocycles. The number of benzene rings is 2. The van der Waals surface area contributed by atoms with Crippen LogP contribution in [-0.2, 0) is 6.54 Å². The molecule has 1 aliphatic heterocycles. The first-order valence-electron chi connectivity index (χ1n) is 9.78. The van der Waals surface area contributed by atoms with Crippen molar-refractivity contribution in [3.63, 3.8) is 0 Å². The Balaban J connectivity index is 1.57. The minimum atomic E-state index is -0.458. The number of aromatic nitrogens is 2. The minimum absolute atomic E-state index is 0.215. The van der Waals surface area contributed by atoms with E-state index in [-0.39, 0.29) is 11.7 Å². The molecule has 1 atom stereocenters. The van der Waals surface area contributed by atoms with Gasteiger partial charge in [0.25, 0.3) is 0 Å². The molecule has 3 aromatic rings. The molecule has 0 radical (unpaired) electrons. The lowest BCUT2D eigenvalue weighted by Gasteiger charge is -2.33. The van der Waals surface area contributed by atoms with Gasteiger partial charge in [-0.3, -0.25) is 19.7 Å². The highest BCUT2D eigenvalue weighted by atomic mass is 19.1. The molecule has 29 heavy (non-hydrogen) atoms. The average Bonchev–Trinajstić information content (AvgIpc) is 2.76. The number of hydrogen-bond acceptors (Lipinski definition) is 4. The number of hydrogen-bond donors (Lipinski definition) is 1. The fraction of sp³-hybridized carbons (Fsp3) is 0.261. The molecular formula is C23H23FN4O. The number of likely N-dealkylation sites (tertiary alicyclic amines) is 1. The lowest BCUT2D eigenvalue weighted by molar-refractivity contribution is 0.100. The summed E-state index contributed by atoms with van der Waals surface area (Å²) in [7, 11) is 0. The normalized spacial score (nSPS) is 17.2. The van der Waals surface area contributed by atoms with Gasteiger partial charge < -0.3 is 5.73 Å². The first-order valence-corrected chi connectivity index (χ1v) is 9.78. The molecule has 2 N–H and O–H groups in total. The summed E-state index contributed by atoms with van der Waals surface area (Å²) < 4.78 is 13.2. The van der Waals surface area contributed by atoms with Crippen LogP contribution in [0.4, 0.5) is 4.39 Å². The summed E-state index contributed by atoms with van der Waals surface area (Å²) in [6, 6.07) is 13.9. The molecule has 1 aliphatic rings. The molecule has 1 saturated heterocycles. The summed E-state index contributed by atoms with van der Waals surface area (Å²) in [5.74, 6) is -0.432. The Labute approximate surface area is 169 Å². The standard InChI is InChI=1S/C23H23FN4O/c24-20-8-6-16(7-9-20)14-28-12-2-5-19(15-28)22-21(26-10-11-27-22)17-3-1-4-18(13-17)23(25)29/h1,3-4,6-11,13,19H,2,5,12,14-15H2,(H2,25,29)/t19-/m0/s1. The fourth-order valence-corrected chi connectivity index (χ4v) is 3.96. The van der Waals surface area contributed by atoms with Gasteiger partial charge in [0.05, 0.1) is 11.4 Å². The number of rotatable bonds is 5. The van der Waals surface area contributed by atoms with Crippen LogP contribution in [-0.4, -0.2) is 33.9 Å². The van der Waals surface area contributed by atoms with Gasteiger partial charge in [0, 0.05) is 42.5 Å². The van der Waals surface area contributed by atoms with E-state index in [4.69, 9.17) is 5.73 Å². The third-order valence-corrected chi connectivity index (χ3v) is 5.36. The quantitative estimate of drug-likeness (QED) is 0.720. The van der Waals surface area contributed by atoms with Crippen molar-refractivity contribution in [2.24, 2.45) is 5.73 Å². The Morgan fingerprint density at radius 1 is 1.14 bits per heavy atom. The Hall–Kier alpha value is -3.12. The van der Waals surface area contributed by atoms with Crippen LogP contribution in [0.25, 0.3) is 11.3 Å². The number of nitrogens with two attached hydrogens (primary N) is 1. The second kappa shape index (κ2) is 8.49. The molecule has 0 unspecified atom stereocenters. The monoisotopic (exact) mass is 390 g/mol. The van der Waals surface area contributed by atoms with Crippen LogP contribution >= 0.6 is 0 Å². The van der Waals surface area contributed by atoms with Gasteiger partial charge in [-0.25, -0.2) is 4.39 Å². The molecule has 0 saturated carbocycles. The summed E-state index contributed by atoms with van der Waals surface area (Å²) in [5, 5.41) is 0. The number of piperidine rings is 1. The zero-order valence-electron chi connectivity index (χ0n) is 16.1. The molecule has 1 fully saturated rings. The minimum Gasteiger partial charge on any atom is -0.366 e. The third kappa shape index (κ3) is 4.49. The number of nitrogens with zero attached hydrogens (tertiary/aromatic N) is 3. The first-order chi connectivity index (χ1) is 14.1. The van der Waals surface area contributed by atoms with Crippen LogP contribution in [0.1, 0.15) is 40.4 Å². The van der Waals surface area contributed by atoms with Gasteiger partial charge in [-0.15, -0.1) is 0 Å². The largest absolute Gasteiger partial charge is 0.366 e. The molecule has 6 heteroatoms. The van der Waals surface area contributed by atoms with Gasteiger partial charge in [-0.2, -0.15) is 0 Å². The predicted molar refractivity (Wildman–Crippen MR) is 110 cm³/mol. The molecule has 148 valence electrons. The SMILES string of the molecule is NC(=O)c1cccc(-c2nccnc2[C@H]2CCCN(Cc3ccc(F)cc3)C2)c1. The summed E-state index contributed by atoms with van der Waals surface area (Å²) in [6.45, 7) is 2.64. The molecule has 1 amide bonds. The molecule has 4 rings (SSSR count). The van der Waals surface area contributed by atoms with Crippen LogP contribution in [0.2, 0.25) is 0 Å². The molecule has 5 nitrogen and oxygen atoms in total. The summed E-state index contributed by atoms with van der Waals surface area (Å²) in [4.78, 5) is 23.2. The predicted octanol–water partition coefficient (Wildman–Crippen LogP) is 3.76. The van der Waals surface area contributed by atoms with Crippen molar-refractivity contribution in [1.82, 2.24) is 14.9 Å². The van der Waals surface area contributed by atoms with Gasteiger partial charge in [-0.05, 0) is 49.2 Å². The maximum absolute atomic E-state index is 13.2. The third-order valence-electron chi connectivity index (χ3n) is 5.36. The zero-order valence-corrected chi connectivity index (χ0v) is 16.1. The van der Waals surface area contributed by atoms with Crippen molar-refractivity contribution in [3.8, 4) is 11.3 Å². The van der Waals surface area contributed by atoms with Gasteiger partial charge in [0.2, 0.25) is 5.91 Å². The van der Waals surface area contributed by atoms with E-state index in [0.717, 1.165) is 55.0 Å². The lowest BCUT2D eigenvalue weighted by atomic mass is 9.91. The van der Waals surface area contributed by atoms with Crippen LogP contribution < -0.4 is 5.73 Å². The van der Waals surface area contributed by atoms with Crippen LogP contribution in [0, 0.1) is 5.82 Å². The Bertz CT molecular complexity index is 1010. The number of amides is 1. The number of primary amides is 1. The maximum Gasteiger partial charge on any atom is 0.248 e. The second-order valence-corrected chi connectivity index (χ2v) is 7.44. The highest BCUT2D eigenvalue weighted by Crippen LogP contribution is 2.32. The average molecular weight is 390 g/mol. The topological polar surface area (TPSA) is 72.1 Å². The fourth-order valence-electron chi connectivity index (χ4n) is 3.96. The van der Waals surface area contributed by atoms with Crippen molar-refractivity contribution < 1.29 is 9.18 Å². The lowest BCUT2D eigenvalue weighted by Crippen LogP contribution is -2.34. The van der Waals surface area contributed by atoms with Crippen LogP contribution in [0.3, 0.4) is 0 Å². The van der Waals surface area contributed by atoms with Crippen molar-refractivity contribution in [2.45, 2.75) is 25.3 Å². The van der Waals surface area contributed by atoms with E-state index >= 15 is 0 Å². The van der Waals surface area contributed by atoms with E-state index in [2.05, 4.69) is 14.9 Å². The molecular weight excluding hydrogens is 367 g/mol. The van der Waals surface area contributed by atoms with Crippen molar-refractivity contribution in [2.75, 3.05) is 13.1 Å². The van der Waals surface area contributed by atoms with E-state index in [0.29, 0.717) is 5.56 Å². The number of halogens is 1. The summed E-state index contributed by atoms with van der Waals surface area (Å²) in [6.07, 6.45) is 5.48. The van der Waals surface area contributed by atoms with Crippen molar-refractivity contribution in [1.29, 1.82) is 0 Å². The summed E-state index contributed by atoms with van der Waals surface area (Å²) in [5.41, 5.74) is 9.58. The number of carbonyl (C=O) groups is 1. The van der Waals surface area contributed by atoms with E-state index in [9.17, 15) is 9.18 Å². The molecule has 1 aromatic heterocycles. The Morgan fingerprint density at radius 2 is 1.93 bits per heavy atom. The maximum atomic E-state index is 13.2. The summed E-state index contributed by atoms with van der Waals surface area (Å²) >= 11 is 0. The Morgan fingerprint density at radius 3 is 2.72 bits per heavy atom. The molecule has 0 aliphatic carbocycles. The zero-order chi connectivity index (χ0) is 20.2. The molecule has 0 spiro atoms. The van der Waals surface area contributed by atoms with E-state index < -0.39 is 5.91 Å². The van der Waals surface area contributed by atoms with E-state index in [1.807, 2.05) is 24.3 Å². The van der Waals surface area contributed by atoms with Crippen molar-refractivity contribution in [3.05, 3.63) is 83.6 Å².